The molecule has 1 saturated carbocycles. The number of aliphatic hydroxyl groups is 1. The Bertz CT molecular complexity index is 376. The number of nitrogens with one attached hydrogen (secondary N) is 1. The van der Waals surface area contributed by atoms with Crippen LogP contribution in [0.5, 0.6) is 0 Å². The van der Waals surface area contributed by atoms with E-state index in [1.54, 1.807) is 0 Å². The van der Waals surface area contributed by atoms with Crippen molar-refractivity contribution < 1.29 is 5.11 Å². The van der Waals surface area contributed by atoms with Gasteiger partial charge in [0.25, 0.3) is 0 Å². The van der Waals surface area contributed by atoms with E-state index in [1.165, 1.54) is 0 Å². The standard InChI is InChI=1S/C11H18N4O/c1-3-8-9(4-2)14-15-10(12-8)13-11(7-16)5-6-11/h16H,3-7H2,1-2H3,(H,12,13,15). The van der Waals surface area contributed by atoms with E-state index >= 15 is 0 Å². The van der Waals surface area contributed by atoms with E-state index in [2.05, 4.69) is 27.4 Å². The molecule has 1 heterocycles. The van der Waals surface area contributed by atoms with Crippen molar-refractivity contribution in [1.29, 1.82) is 0 Å². The minimum absolute atomic E-state index is 0.132. The fraction of sp³-hybridized carbons (Fsp3) is 0.727. The first-order valence-corrected chi connectivity index (χ1v) is 5.84. The van der Waals surface area contributed by atoms with Crippen LogP contribution in [0.4, 0.5) is 5.95 Å². The van der Waals surface area contributed by atoms with Crippen LogP contribution in [0.25, 0.3) is 0 Å². The summed E-state index contributed by atoms with van der Waals surface area (Å²) >= 11 is 0. The lowest BCUT2D eigenvalue weighted by Gasteiger charge is -2.14. The first-order chi connectivity index (χ1) is 7.73. The summed E-state index contributed by atoms with van der Waals surface area (Å²) in [7, 11) is 0. The van der Waals surface area contributed by atoms with E-state index in [0.29, 0.717) is 5.95 Å². The Kier molecular flexibility index (Phi) is 3.05. The molecule has 0 aliphatic heterocycles. The lowest BCUT2D eigenvalue weighted by Crippen LogP contribution is -2.27. The van der Waals surface area contributed by atoms with Crippen LogP contribution in [0.2, 0.25) is 0 Å². The molecule has 1 aromatic heterocycles. The molecule has 1 aliphatic rings. The molecule has 0 saturated heterocycles. The van der Waals surface area contributed by atoms with Gasteiger partial charge in [-0.2, -0.15) is 5.10 Å². The van der Waals surface area contributed by atoms with Gasteiger partial charge in [-0.25, -0.2) is 4.98 Å². The van der Waals surface area contributed by atoms with Crippen molar-refractivity contribution in [3.05, 3.63) is 11.4 Å². The molecule has 0 amide bonds. The lowest BCUT2D eigenvalue weighted by atomic mass is 10.2. The smallest absolute Gasteiger partial charge is 0.243 e. The Labute approximate surface area is 95.3 Å². The third kappa shape index (κ3) is 2.14. The predicted octanol–water partition coefficient (Wildman–Crippen LogP) is 0.933. The molecule has 1 fully saturated rings. The van der Waals surface area contributed by atoms with E-state index in [-0.39, 0.29) is 12.1 Å². The predicted molar refractivity (Wildman–Crippen MR) is 61.3 cm³/mol. The van der Waals surface area contributed by atoms with Gasteiger partial charge < -0.3 is 10.4 Å². The number of anilines is 1. The molecule has 1 aliphatic carbocycles. The van der Waals surface area contributed by atoms with Gasteiger partial charge in [-0.05, 0) is 25.7 Å². The van der Waals surface area contributed by atoms with Crippen molar-refractivity contribution in [2.45, 2.75) is 45.1 Å². The fourth-order valence-corrected chi connectivity index (χ4v) is 1.70. The number of aliphatic hydroxyl groups excluding tert-OH is 1. The van der Waals surface area contributed by atoms with Crippen molar-refractivity contribution in [1.82, 2.24) is 15.2 Å². The quantitative estimate of drug-likeness (QED) is 0.775. The maximum Gasteiger partial charge on any atom is 0.243 e. The van der Waals surface area contributed by atoms with E-state index in [9.17, 15) is 5.11 Å². The monoisotopic (exact) mass is 222 g/mol. The molecule has 16 heavy (non-hydrogen) atoms. The molecule has 0 unspecified atom stereocenters. The summed E-state index contributed by atoms with van der Waals surface area (Å²) in [6, 6.07) is 0. The van der Waals surface area contributed by atoms with Crippen molar-refractivity contribution in [3.63, 3.8) is 0 Å². The Morgan fingerprint density at radius 3 is 2.38 bits per heavy atom. The molecule has 2 rings (SSSR count). The summed E-state index contributed by atoms with van der Waals surface area (Å²) < 4.78 is 0. The Morgan fingerprint density at radius 1 is 1.19 bits per heavy atom. The Balaban J connectivity index is 2.16. The highest BCUT2D eigenvalue weighted by Gasteiger charge is 2.42. The number of hydrogen-bond acceptors (Lipinski definition) is 5. The lowest BCUT2D eigenvalue weighted by molar-refractivity contribution is 0.265. The third-order valence-corrected chi connectivity index (χ3v) is 3.04. The topological polar surface area (TPSA) is 70.9 Å². The minimum Gasteiger partial charge on any atom is -0.394 e. The second kappa shape index (κ2) is 4.33. The zero-order chi connectivity index (χ0) is 11.6. The first-order valence-electron chi connectivity index (χ1n) is 5.84. The highest BCUT2D eigenvalue weighted by atomic mass is 16.3. The van der Waals surface area contributed by atoms with Gasteiger partial charge in [-0.1, -0.05) is 13.8 Å². The zero-order valence-corrected chi connectivity index (χ0v) is 9.82. The summed E-state index contributed by atoms with van der Waals surface area (Å²) in [4.78, 5) is 4.44. The van der Waals surface area contributed by atoms with E-state index < -0.39 is 0 Å². The second-order valence-corrected chi connectivity index (χ2v) is 4.30. The summed E-state index contributed by atoms with van der Waals surface area (Å²) in [5.41, 5.74) is 1.77. The van der Waals surface area contributed by atoms with Crippen LogP contribution in [-0.4, -0.2) is 32.4 Å². The Hall–Kier alpha value is -1.23. The summed E-state index contributed by atoms with van der Waals surface area (Å²) in [5, 5.41) is 20.6. The molecule has 1 aromatic rings. The van der Waals surface area contributed by atoms with Crippen LogP contribution in [-0.2, 0) is 12.8 Å². The SMILES string of the molecule is CCc1nnc(NC2(CO)CC2)nc1CC. The largest absolute Gasteiger partial charge is 0.394 e. The van der Waals surface area contributed by atoms with Gasteiger partial charge in [-0.3, -0.25) is 0 Å². The molecule has 5 nitrogen and oxygen atoms in total. The fourth-order valence-electron chi connectivity index (χ4n) is 1.70. The summed E-state index contributed by atoms with van der Waals surface area (Å²) in [6.45, 7) is 4.24. The van der Waals surface area contributed by atoms with Crippen LogP contribution in [0, 0.1) is 0 Å². The van der Waals surface area contributed by atoms with E-state index in [4.69, 9.17) is 0 Å². The van der Waals surface area contributed by atoms with Crippen LogP contribution in [0.1, 0.15) is 38.1 Å². The maximum absolute atomic E-state index is 9.21. The molecule has 0 spiro atoms. The number of nitrogens with zero attached hydrogens (tertiary/aromatic N) is 3. The maximum atomic E-state index is 9.21. The van der Waals surface area contributed by atoms with Crippen molar-refractivity contribution in [3.8, 4) is 0 Å². The highest BCUT2D eigenvalue weighted by Crippen LogP contribution is 2.37. The van der Waals surface area contributed by atoms with Gasteiger partial charge >= 0.3 is 0 Å². The molecular weight excluding hydrogens is 204 g/mol. The molecule has 0 radical (unpaired) electrons. The van der Waals surface area contributed by atoms with Crippen LogP contribution in [0.3, 0.4) is 0 Å². The number of aryl methyl sites for hydroxylation is 2. The van der Waals surface area contributed by atoms with E-state index in [1.807, 2.05) is 6.92 Å². The second-order valence-electron chi connectivity index (χ2n) is 4.30. The molecular formula is C11H18N4O. The molecule has 0 atom stereocenters. The van der Waals surface area contributed by atoms with Gasteiger partial charge in [-0.15, -0.1) is 5.10 Å². The molecule has 0 aromatic carbocycles. The first kappa shape index (κ1) is 11.3. The third-order valence-electron chi connectivity index (χ3n) is 3.04. The van der Waals surface area contributed by atoms with Crippen LogP contribution >= 0.6 is 0 Å². The highest BCUT2D eigenvalue weighted by molar-refractivity contribution is 5.33. The molecule has 5 heteroatoms. The molecule has 88 valence electrons. The van der Waals surface area contributed by atoms with Gasteiger partial charge in [0.2, 0.25) is 5.95 Å². The zero-order valence-electron chi connectivity index (χ0n) is 9.82. The molecule has 2 N–H and O–H groups in total. The number of rotatable bonds is 5. The van der Waals surface area contributed by atoms with Gasteiger partial charge in [0.1, 0.15) is 0 Å². The average Bonchev–Trinajstić information content (AvgIpc) is 3.09. The van der Waals surface area contributed by atoms with Crippen molar-refractivity contribution in [2.75, 3.05) is 11.9 Å². The normalized spacial score (nSPS) is 17.2. The van der Waals surface area contributed by atoms with E-state index in [0.717, 1.165) is 37.1 Å². The average molecular weight is 222 g/mol. The number of hydrogen-bond donors (Lipinski definition) is 2. The van der Waals surface area contributed by atoms with Gasteiger partial charge in [0.15, 0.2) is 0 Å². The molecule has 0 bridgehead atoms. The van der Waals surface area contributed by atoms with Crippen molar-refractivity contribution >= 4 is 5.95 Å². The van der Waals surface area contributed by atoms with Crippen molar-refractivity contribution in [2.24, 2.45) is 0 Å². The summed E-state index contributed by atoms with van der Waals surface area (Å²) in [6.07, 6.45) is 3.67. The van der Waals surface area contributed by atoms with Gasteiger partial charge in [0, 0.05) is 0 Å². The summed E-state index contributed by atoms with van der Waals surface area (Å²) in [5.74, 6) is 0.542. The van der Waals surface area contributed by atoms with Crippen LogP contribution < -0.4 is 5.32 Å². The Morgan fingerprint density at radius 2 is 1.88 bits per heavy atom. The number of aromatic nitrogens is 3. The van der Waals surface area contributed by atoms with Gasteiger partial charge in [0.05, 0.1) is 23.5 Å². The minimum atomic E-state index is -0.180. The van der Waals surface area contributed by atoms with Crippen LogP contribution in [0.15, 0.2) is 0 Å².